The van der Waals surface area contributed by atoms with E-state index in [0.717, 1.165) is 30.0 Å². The van der Waals surface area contributed by atoms with Crippen LogP contribution in [0.25, 0.3) is 11.1 Å². The molecule has 2 fully saturated rings. The molecule has 4 nitrogen and oxygen atoms in total. The van der Waals surface area contributed by atoms with Crippen LogP contribution >= 0.6 is 24.8 Å². The van der Waals surface area contributed by atoms with Gasteiger partial charge in [-0.1, -0.05) is 18.2 Å². The lowest BCUT2D eigenvalue weighted by Gasteiger charge is -2.36. The van der Waals surface area contributed by atoms with Crippen molar-refractivity contribution in [3.8, 4) is 16.9 Å². The van der Waals surface area contributed by atoms with Crippen LogP contribution in [0, 0.1) is 0 Å². The minimum Gasteiger partial charge on any atom is -0.496 e. The lowest BCUT2D eigenvalue weighted by molar-refractivity contribution is 0.310. The number of aromatic nitrogens is 1. The maximum Gasteiger partial charge on any atom is 0.126 e. The molecule has 130 valence electrons. The molecule has 0 saturated carbocycles. The number of pyridine rings is 1. The average Bonchev–Trinajstić information content (AvgIpc) is 2.96. The van der Waals surface area contributed by atoms with Crippen LogP contribution in [-0.2, 0) is 0 Å². The van der Waals surface area contributed by atoms with Gasteiger partial charge in [-0.3, -0.25) is 9.88 Å². The van der Waals surface area contributed by atoms with Crippen LogP contribution in [0.1, 0.15) is 6.42 Å². The third kappa shape index (κ3) is 3.46. The second kappa shape index (κ2) is 8.06. The highest BCUT2D eigenvalue weighted by Crippen LogP contribution is 2.33. The van der Waals surface area contributed by atoms with E-state index in [4.69, 9.17) is 4.74 Å². The zero-order chi connectivity index (χ0) is 14.9. The van der Waals surface area contributed by atoms with Crippen LogP contribution in [0.3, 0.4) is 0 Å². The molecule has 3 heterocycles. The van der Waals surface area contributed by atoms with Gasteiger partial charge in [0.15, 0.2) is 0 Å². The van der Waals surface area contributed by atoms with Crippen molar-refractivity contribution in [1.82, 2.24) is 9.88 Å². The summed E-state index contributed by atoms with van der Waals surface area (Å²) in [5, 5.41) is 0. The van der Waals surface area contributed by atoms with Gasteiger partial charge in [0, 0.05) is 49.5 Å². The van der Waals surface area contributed by atoms with Crippen LogP contribution in [0.2, 0.25) is 0 Å². The molecule has 24 heavy (non-hydrogen) atoms. The minimum absolute atomic E-state index is 0. The van der Waals surface area contributed by atoms with Crippen LogP contribution in [0.5, 0.6) is 5.75 Å². The van der Waals surface area contributed by atoms with Gasteiger partial charge >= 0.3 is 0 Å². The standard InChI is InChI=1S/C18H21N3O.2ClH/c1-22-18-5-3-2-4-17(18)14-10-16(12-19-11-14)21-9-8-20-7-6-15(21)13-20;;/h2-5,10-12,15H,6-9,13H2,1H3;2*1H. The molecule has 2 bridgehead atoms. The third-order valence-corrected chi connectivity index (χ3v) is 4.82. The first-order valence-electron chi connectivity index (χ1n) is 7.92. The maximum atomic E-state index is 5.49. The second-order valence-electron chi connectivity index (χ2n) is 6.07. The van der Waals surface area contributed by atoms with E-state index in [2.05, 4.69) is 26.9 Å². The van der Waals surface area contributed by atoms with Crippen molar-refractivity contribution in [1.29, 1.82) is 0 Å². The smallest absolute Gasteiger partial charge is 0.126 e. The van der Waals surface area contributed by atoms with E-state index in [-0.39, 0.29) is 24.8 Å². The number of nitrogens with zero attached hydrogens (tertiary/aromatic N) is 3. The van der Waals surface area contributed by atoms with Gasteiger partial charge in [0.25, 0.3) is 0 Å². The molecule has 2 unspecified atom stereocenters. The Bertz CT molecular complexity index is 683. The van der Waals surface area contributed by atoms with Crippen molar-refractivity contribution in [2.45, 2.75) is 12.5 Å². The van der Waals surface area contributed by atoms with E-state index in [1.54, 1.807) is 7.11 Å². The SMILES string of the molecule is COc1ccccc1-c1cncc(N2CCN3CCC2C3)c1.Cl.Cl. The Balaban J connectivity index is 0.00000104. The van der Waals surface area contributed by atoms with Gasteiger partial charge in [-0.2, -0.15) is 0 Å². The van der Waals surface area contributed by atoms with Crippen molar-refractivity contribution in [3.05, 3.63) is 42.7 Å². The first kappa shape index (κ1) is 18.8. The van der Waals surface area contributed by atoms with Crippen molar-refractivity contribution in [3.63, 3.8) is 0 Å². The Morgan fingerprint density at radius 2 is 1.92 bits per heavy atom. The Hall–Kier alpha value is -1.49. The third-order valence-electron chi connectivity index (χ3n) is 4.82. The van der Waals surface area contributed by atoms with E-state index in [0.29, 0.717) is 6.04 Å². The molecule has 0 amide bonds. The predicted molar refractivity (Wildman–Crippen MR) is 103 cm³/mol. The highest BCUT2D eigenvalue weighted by atomic mass is 35.5. The second-order valence-corrected chi connectivity index (χ2v) is 6.07. The molecule has 0 radical (unpaired) electrons. The monoisotopic (exact) mass is 367 g/mol. The highest BCUT2D eigenvalue weighted by Gasteiger charge is 2.32. The van der Waals surface area contributed by atoms with Crippen molar-refractivity contribution < 1.29 is 4.74 Å². The molecule has 0 spiro atoms. The zero-order valence-electron chi connectivity index (χ0n) is 13.7. The van der Waals surface area contributed by atoms with E-state index in [9.17, 15) is 0 Å². The Kier molecular flexibility index (Phi) is 6.33. The normalized spacial score (nSPS) is 21.6. The fourth-order valence-electron chi connectivity index (χ4n) is 3.66. The first-order valence-corrected chi connectivity index (χ1v) is 7.92. The molecule has 2 saturated heterocycles. The highest BCUT2D eigenvalue weighted by molar-refractivity contribution is 5.85. The number of benzene rings is 1. The minimum atomic E-state index is 0. The molecule has 1 aromatic heterocycles. The van der Waals surface area contributed by atoms with Gasteiger partial charge in [0.1, 0.15) is 5.75 Å². The molecular formula is C18H23Cl2N3O. The fraction of sp³-hybridized carbons (Fsp3) is 0.389. The summed E-state index contributed by atoms with van der Waals surface area (Å²) in [6.07, 6.45) is 5.18. The lowest BCUT2D eigenvalue weighted by atomic mass is 10.1. The number of hydrogen-bond acceptors (Lipinski definition) is 4. The Morgan fingerprint density at radius 3 is 2.75 bits per heavy atom. The quantitative estimate of drug-likeness (QED) is 0.829. The number of halogens is 2. The number of hydrogen-bond donors (Lipinski definition) is 0. The Morgan fingerprint density at radius 1 is 1.08 bits per heavy atom. The largest absolute Gasteiger partial charge is 0.496 e. The fourth-order valence-corrected chi connectivity index (χ4v) is 3.66. The van der Waals surface area contributed by atoms with E-state index in [1.807, 2.05) is 30.6 Å². The Labute approximate surface area is 155 Å². The molecule has 2 atom stereocenters. The molecule has 0 N–H and O–H groups in total. The van der Waals surface area contributed by atoms with E-state index in [1.165, 1.54) is 25.2 Å². The number of methoxy groups -OCH3 is 1. The maximum absolute atomic E-state index is 5.49. The summed E-state index contributed by atoms with van der Waals surface area (Å²) in [6, 6.07) is 11.0. The summed E-state index contributed by atoms with van der Waals surface area (Å²) in [5.41, 5.74) is 3.45. The summed E-state index contributed by atoms with van der Waals surface area (Å²) < 4.78 is 5.49. The number of rotatable bonds is 3. The predicted octanol–water partition coefficient (Wildman–Crippen LogP) is 3.50. The summed E-state index contributed by atoms with van der Waals surface area (Å²) in [4.78, 5) is 9.56. The molecule has 1 aromatic carbocycles. The van der Waals surface area contributed by atoms with E-state index < -0.39 is 0 Å². The average molecular weight is 368 g/mol. The number of anilines is 1. The molecule has 6 heteroatoms. The van der Waals surface area contributed by atoms with Crippen LogP contribution in [0.4, 0.5) is 5.69 Å². The van der Waals surface area contributed by atoms with Gasteiger partial charge in [-0.25, -0.2) is 0 Å². The number of fused-ring (bicyclic) bond motifs is 2. The number of ether oxygens (including phenoxy) is 1. The van der Waals surface area contributed by atoms with Gasteiger partial charge < -0.3 is 9.64 Å². The first-order chi connectivity index (χ1) is 10.8. The van der Waals surface area contributed by atoms with Crippen LogP contribution in [0.15, 0.2) is 42.7 Å². The van der Waals surface area contributed by atoms with Gasteiger partial charge in [-0.05, 0) is 18.6 Å². The van der Waals surface area contributed by atoms with Gasteiger partial charge in [-0.15, -0.1) is 24.8 Å². The molecule has 4 rings (SSSR count). The summed E-state index contributed by atoms with van der Waals surface area (Å²) in [6.45, 7) is 4.69. The molecular weight excluding hydrogens is 345 g/mol. The molecule has 0 aliphatic carbocycles. The summed E-state index contributed by atoms with van der Waals surface area (Å²) >= 11 is 0. The number of para-hydroxylation sites is 1. The van der Waals surface area contributed by atoms with Gasteiger partial charge in [0.2, 0.25) is 0 Å². The lowest BCUT2D eigenvalue weighted by Crippen LogP contribution is -2.46. The van der Waals surface area contributed by atoms with Crippen LogP contribution in [-0.4, -0.2) is 49.2 Å². The van der Waals surface area contributed by atoms with E-state index >= 15 is 0 Å². The van der Waals surface area contributed by atoms with Crippen molar-refractivity contribution in [2.75, 3.05) is 38.2 Å². The van der Waals surface area contributed by atoms with Gasteiger partial charge in [0.05, 0.1) is 19.0 Å². The molecule has 2 aromatic rings. The summed E-state index contributed by atoms with van der Waals surface area (Å²) in [5.74, 6) is 0.895. The zero-order valence-corrected chi connectivity index (χ0v) is 15.4. The van der Waals surface area contributed by atoms with Crippen LogP contribution < -0.4 is 9.64 Å². The topological polar surface area (TPSA) is 28.6 Å². The molecule has 2 aliphatic rings. The summed E-state index contributed by atoms with van der Waals surface area (Å²) in [7, 11) is 1.72. The molecule has 2 aliphatic heterocycles. The van der Waals surface area contributed by atoms with Crippen molar-refractivity contribution >= 4 is 30.5 Å². The van der Waals surface area contributed by atoms with Crippen molar-refractivity contribution in [2.24, 2.45) is 0 Å². The number of piperazine rings is 1.